The van der Waals surface area contributed by atoms with Crippen molar-refractivity contribution < 1.29 is 4.79 Å². The van der Waals surface area contributed by atoms with Gasteiger partial charge in [-0.25, -0.2) is 10.0 Å². The zero-order chi connectivity index (χ0) is 17.8. The van der Waals surface area contributed by atoms with Crippen LogP contribution in [0.2, 0.25) is 0 Å². The van der Waals surface area contributed by atoms with Gasteiger partial charge in [-0.2, -0.15) is 0 Å². The average molecular weight is 339 g/mol. The first kappa shape index (κ1) is 15.8. The summed E-state index contributed by atoms with van der Waals surface area (Å²) in [7, 11) is 0. The summed E-state index contributed by atoms with van der Waals surface area (Å²) in [5, 5.41) is 1.53. The van der Waals surface area contributed by atoms with Crippen molar-refractivity contribution >= 4 is 23.5 Å². The van der Waals surface area contributed by atoms with Crippen molar-refractivity contribution in [3.63, 3.8) is 0 Å². The first-order valence-electron chi connectivity index (χ1n) is 8.38. The third-order valence-corrected chi connectivity index (χ3v) is 4.04. The molecule has 0 saturated heterocycles. The SMILES string of the molecule is O=C1/C(=C/c2ccccc2)N=C(c2ccccc2)NN1c1ccccc1. The monoisotopic (exact) mass is 339 g/mol. The van der Waals surface area contributed by atoms with Crippen LogP contribution < -0.4 is 10.4 Å². The maximum atomic E-state index is 13.0. The number of rotatable bonds is 3. The molecule has 4 heteroatoms. The lowest BCUT2D eigenvalue weighted by Crippen LogP contribution is -2.50. The minimum absolute atomic E-state index is 0.195. The van der Waals surface area contributed by atoms with Crippen LogP contribution in [0.4, 0.5) is 5.69 Å². The number of carbonyl (C=O) groups is 1. The van der Waals surface area contributed by atoms with Gasteiger partial charge in [0.05, 0.1) is 5.69 Å². The summed E-state index contributed by atoms with van der Waals surface area (Å²) in [5.74, 6) is 0.441. The van der Waals surface area contributed by atoms with Crippen LogP contribution in [0.5, 0.6) is 0 Å². The molecule has 0 bridgehead atoms. The van der Waals surface area contributed by atoms with Crippen LogP contribution in [-0.2, 0) is 4.79 Å². The van der Waals surface area contributed by atoms with Crippen LogP contribution >= 0.6 is 0 Å². The number of nitrogens with one attached hydrogen (secondary N) is 1. The summed E-state index contributed by atoms with van der Waals surface area (Å²) in [6, 6.07) is 29.0. The highest BCUT2D eigenvalue weighted by Gasteiger charge is 2.27. The molecule has 1 aliphatic rings. The van der Waals surface area contributed by atoms with Crippen molar-refractivity contribution in [3.8, 4) is 0 Å². The molecule has 1 heterocycles. The second-order valence-electron chi connectivity index (χ2n) is 5.85. The first-order valence-corrected chi connectivity index (χ1v) is 8.38. The Bertz CT molecular complexity index is 964. The van der Waals surface area contributed by atoms with E-state index >= 15 is 0 Å². The molecule has 0 aliphatic carbocycles. The Morgan fingerprint density at radius 1 is 0.769 bits per heavy atom. The Morgan fingerprint density at radius 3 is 2.00 bits per heavy atom. The van der Waals surface area contributed by atoms with E-state index in [1.54, 1.807) is 0 Å². The highest BCUT2D eigenvalue weighted by molar-refractivity contribution is 6.16. The van der Waals surface area contributed by atoms with Crippen LogP contribution in [0, 0.1) is 0 Å². The molecule has 0 atom stereocenters. The number of anilines is 1. The molecule has 1 N–H and O–H groups in total. The number of amides is 1. The molecule has 4 nitrogen and oxygen atoms in total. The van der Waals surface area contributed by atoms with Gasteiger partial charge in [0, 0.05) is 5.56 Å². The number of hydrogen-bond acceptors (Lipinski definition) is 3. The van der Waals surface area contributed by atoms with E-state index in [9.17, 15) is 4.79 Å². The van der Waals surface area contributed by atoms with Gasteiger partial charge in [0.15, 0.2) is 5.84 Å². The van der Waals surface area contributed by atoms with Gasteiger partial charge >= 0.3 is 0 Å². The van der Waals surface area contributed by atoms with E-state index in [2.05, 4.69) is 10.4 Å². The Kier molecular flexibility index (Phi) is 4.31. The van der Waals surface area contributed by atoms with Crippen LogP contribution in [0.15, 0.2) is 102 Å². The van der Waals surface area contributed by atoms with Gasteiger partial charge in [0.25, 0.3) is 5.91 Å². The molecule has 0 aromatic heterocycles. The molecule has 3 aromatic rings. The van der Waals surface area contributed by atoms with Crippen molar-refractivity contribution in [1.82, 2.24) is 5.43 Å². The van der Waals surface area contributed by atoms with E-state index in [-0.39, 0.29) is 5.91 Å². The third-order valence-electron chi connectivity index (χ3n) is 4.04. The summed E-state index contributed by atoms with van der Waals surface area (Å²) in [4.78, 5) is 17.6. The standard InChI is InChI=1S/C22H17N3O/c26-22-20(16-17-10-4-1-5-11-17)23-21(18-12-6-2-7-13-18)24-25(22)19-14-8-3-9-15-19/h1-16H,(H,23,24)/b20-16-. The molecule has 0 spiro atoms. The number of aliphatic imine (C=N–C) groups is 1. The Labute approximate surface area is 152 Å². The molecule has 3 aromatic carbocycles. The normalized spacial score (nSPS) is 15.5. The molecule has 1 amide bonds. The second kappa shape index (κ2) is 7.07. The van der Waals surface area contributed by atoms with Crippen molar-refractivity contribution in [2.24, 2.45) is 4.99 Å². The van der Waals surface area contributed by atoms with Crippen molar-refractivity contribution in [2.75, 3.05) is 5.01 Å². The number of nitrogens with zero attached hydrogens (tertiary/aromatic N) is 2. The number of para-hydroxylation sites is 1. The topological polar surface area (TPSA) is 44.7 Å². The summed E-state index contributed by atoms with van der Waals surface area (Å²) < 4.78 is 0. The Balaban J connectivity index is 1.80. The zero-order valence-electron chi connectivity index (χ0n) is 14.0. The third kappa shape index (κ3) is 3.26. The molecule has 0 unspecified atom stereocenters. The predicted octanol–water partition coefficient (Wildman–Crippen LogP) is 4.03. The fourth-order valence-corrected chi connectivity index (χ4v) is 2.75. The summed E-state index contributed by atoms with van der Waals surface area (Å²) in [5.41, 5.74) is 6.14. The lowest BCUT2D eigenvalue weighted by atomic mass is 10.1. The van der Waals surface area contributed by atoms with Crippen LogP contribution in [0.3, 0.4) is 0 Å². The van der Waals surface area contributed by atoms with E-state index in [4.69, 9.17) is 0 Å². The highest BCUT2D eigenvalue weighted by atomic mass is 16.2. The second-order valence-corrected chi connectivity index (χ2v) is 5.85. The highest BCUT2D eigenvalue weighted by Crippen LogP contribution is 2.21. The van der Waals surface area contributed by atoms with Crippen molar-refractivity contribution in [2.45, 2.75) is 0 Å². The van der Waals surface area contributed by atoms with Gasteiger partial charge in [0.2, 0.25) is 0 Å². The number of benzene rings is 3. The first-order chi connectivity index (χ1) is 12.8. The Hall–Kier alpha value is -3.66. The van der Waals surface area contributed by atoms with Gasteiger partial charge < -0.3 is 0 Å². The van der Waals surface area contributed by atoms with E-state index in [0.29, 0.717) is 11.5 Å². The molecule has 26 heavy (non-hydrogen) atoms. The number of carbonyl (C=O) groups excluding carboxylic acids is 1. The minimum atomic E-state index is -0.195. The average Bonchev–Trinajstić information content (AvgIpc) is 2.71. The fourth-order valence-electron chi connectivity index (χ4n) is 2.75. The molecule has 126 valence electrons. The lowest BCUT2D eigenvalue weighted by Gasteiger charge is -2.29. The Morgan fingerprint density at radius 2 is 1.35 bits per heavy atom. The van der Waals surface area contributed by atoms with Gasteiger partial charge in [-0.3, -0.25) is 10.2 Å². The van der Waals surface area contributed by atoms with Gasteiger partial charge in [0.1, 0.15) is 5.70 Å². The zero-order valence-corrected chi connectivity index (χ0v) is 14.0. The van der Waals surface area contributed by atoms with Crippen LogP contribution in [0.1, 0.15) is 11.1 Å². The molecular formula is C22H17N3O. The maximum Gasteiger partial charge on any atom is 0.295 e. The van der Waals surface area contributed by atoms with Gasteiger partial charge in [-0.1, -0.05) is 78.9 Å². The maximum absolute atomic E-state index is 13.0. The predicted molar refractivity (Wildman–Crippen MR) is 104 cm³/mol. The van der Waals surface area contributed by atoms with E-state index in [1.807, 2.05) is 97.1 Å². The molecule has 0 fully saturated rings. The molecule has 1 aliphatic heterocycles. The van der Waals surface area contributed by atoms with E-state index in [1.165, 1.54) is 5.01 Å². The lowest BCUT2D eigenvalue weighted by molar-refractivity contribution is -0.115. The van der Waals surface area contributed by atoms with Crippen molar-refractivity contribution in [3.05, 3.63) is 108 Å². The van der Waals surface area contributed by atoms with Gasteiger partial charge in [-0.15, -0.1) is 0 Å². The minimum Gasteiger partial charge on any atom is -0.274 e. The molecule has 0 saturated carbocycles. The quantitative estimate of drug-likeness (QED) is 0.732. The number of hydrogen-bond donors (Lipinski definition) is 1. The van der Waals surface area contributed by atoms with Gasteiger partial charge in [-0.05, 0) is 23.8 Å². The summed E-state index contributed by atoms with van der Waals surface area (Å²) in [6.07, 6.45) is 1.81. The largest absolute Gasteiger partial charge is 0.295 e. The van der Waals surface area contributed by atoms with Crippen LogP contribution in [-0.4, -0.2) is 11.7 Å². The van der Waals surface area contributed by atoms with E-state index in [0.717, 1.165) is 16.8 Å². The van der Waals surface area contributed by atoms with Crippen LogP contribution in [0.25, 0.3) is 6.08 Å². The number of hydrazine groups is 1. The smallest absolute Gasteiger partial charge is 0.274 e. The van der Waals surface area contributed by atoms with Crippen molar-refractivity contribution in [1.29, 1.82) is 0 Å². The molecular weight excluding hydrogens is 322 g/mol. The van der Waals surface area contributed by atoms with E-state index < -0.39 is 0 Å². The summed E-state index contributed by atoms with van der Waals surface area (Å²) >= 11 is 0. The molecule has 0 radical (unpaired) electrons. The molecule has 4 rings (SSSR count). The fraction of sp³-hybridized carbons (Fsp3) is 0. The number of amidine groups is 1. The summed E-state index contributed by atoms with van der Waals surface area (Å²) in [6.45, 7) is 0.